The summed E-state index contributed by atoms with van der Waals surface area (Å²) in [6, 6.07) is 6.64. The number of piperidine rings is 1. The number of urea groups is 1. The van der Waals surface area contributed by atoms with Crippen LogP contribution in [0.1, 0.15) is 72.3 Å². The van der Waals surface area contributed by atoms with Crippen molar-refractivity contribution in [2.45, 2.75) is 97.0 Å². The number of benzene rings is 1. The third-order valence-electron chi connectivity index (χ3n) is 7.63. The molecule has 238 valence electrons. The van der Waals surface area contributed by atoms with Gasteiger partial charge in [0.1, 0.15) is 17.7 Å². The fourth-order valence-electron chi connectivity index (χ4n) is 5.42. The van der Waals surface area contributed by atoms with Gasteiger partial charge in [-0.15, -0.1) is 0 Å². The van der Waals surface area contributed by atoms with E-state index in [4.69, 9.17) is 4.74 Å². The number of nitrogens with one attached hydrogen (secondary N) is 3. The topological polar surface area (TPSA) is 157 Å². The SMILES string of the molecule is CC(C)CC(NC(=O)N(Cc1ccccc1)C1CCN(C(=O)OC(C)(C)C)CC1)C(=O)NC(CC1CCNC1=O)C(=O)O. The standard InChI is InChI=1S/C31H47N5O7/c1-20(2)17-24(27(38)33-25(28(39)40)18-22-11-14-32-26(22)37)34-29(41)36(19-21-9-7-6-8-10-21)23-12-15-35(16-13-23)30(42)43-31(3,4)5/h6-10,20,22-25H,11-19H2,1-5H3,(H,32,37)(H,33,38)(H,34,41)(H,39,40). The summed E-state index contributed by atoms with van der Waals surface area (Å²) >= 11 is 0. The van der Waals surface area contributed by atoms with Crippen molar-refractivity contribution in [2.75, 3.05) is 19.6 Å². The van der Waals surface area contributed by atoms with E-state index in [2.05, 4.69) is 16.0 Å². The van der Waals surface area contributed by atoms with Crippen LogP contribution in [-0.2, 0) is 25.7 Å². The Morgan fingerprint density at radius 3 is 2.23 bits per heavy atom. The van der Waals surface area contributed by atoms with Gasteiger partial charge in [0.25, 0.3) is 0 Å². The summed E-state index contributed by atoms with van der Waals surface area (Å²) in [5.74, 6) is -2.52. The van der Waals surface area contributed by atoms with Gasteiger partial charge in [0, 0.05) is 38.1 Å². The van der Waals surface area contributed by atoms with Crippen LogP contribution in [0.5, 0.6) is 0 Å². The van der Waals surface area contributed by atoms with E-state index < -0.39 is 41.5 Å². The third-order valence-corrected chi connectivity index (χ3v) is 7.63. The lowest BCUT2D eigenvalue weighted by Crippen LogP contribution is -2.57. The molecule has 0 spiro atoms. The number of aliphatic carboxylic acids is 1. The molecule has 2 aliphatic heterocycles. The maximum atomic E-state index is 13.8. The minimum Gasteiger partial charge on any atom is -0.480 e. The highest BCUT2D eigenvalue weighted by Crippen LogP contribution is 2.22. The molecule has 43 heavy (non-hydrogen) atoms. The van der Waals surface area contributed by atoms with Gasteiger partial charge in [0.05, 0.1) is 0 Å². The van der Waals surface area contributed by atoms with Crippen LogP contribution < -0.4 is 16.0 Å². The van der Waals surface area contributed by atoms with E-state index >= 15 is 0 Å². The van der Waals surface area contributed by atoms with E-state index in [1.165, 1.54) is 0 Å². The lowest BCUT2D eigenvalue weighted by Gasteiger charge is -2.39. The Bertz CT molecular complexity index is 1130. The van der Waals surface area contributed by atoms with E-state index in [0.29, 0.717) is 51.9 Å². The van der Waals surface area contributed by atoms with Gasteiger partial charge < -0.3 is 35.6 Å². The summed E-state index contributed by atoms with van der Waals surface area (Å²) in [5, 5.41) is 17.9. The van der Waals surface area contributed by atoms with Crippen LogP contribution in [0.25, 0.3) is 0 Å². The van der Waals surface area contributed by atoms with Crippen molar-refractivity contribution in [3.63, 3.8) is 0 Å². The van der Waals surface area contributed by atoms with Crippen LogP contribution in [0.2, 0.25) is 0 Å². The molecule has 0 radical (unpaired) electrons. The summed E-state index contributed by atoms with van der Waals surface area (Å²) in [6.45, 7) is 10.9. The number of hydrogen-bond acceptors (Lipinski definition) is 6. The van der Waals surface area contributed by atoms with Gasteiger partial charge in [-0.05, 0) is 64.4 Å². The Balaban J connectivity index is 1.74. The van der Waals surface area contributed by atoms with Gasteiger partial charge in [-0.1, -0.05) is 44.2 Å². The summed E-state index contributed by atoms with van der Waals surface area (Å²) in [4.78, 5) is 67.2. The quantitative estimate of drug-likeness (QED) is 0.304. The number of amides is 5. The van der Waals surface area contributed by atoms with Gasteiger partial charge >= 0.3 is 18.1 Å². The second kappa shape index (κ2) is 15.1. The van der Waals surface area contributed by atoms with Crippen molar-refractivity contribution in [3.05, 3.63) is 35.9 Å². The number of carbonyl (C=O) groups is 5. The molecule has 0 saturated carbocycles. The molecule has 0 aliphatic carbocycles. The Morgan fingerprint density at radius 2 is 1.70 bits per heavy atom. The van der Waals surface area contributed by atoms with E-state index in [1.807, 2.05) is 65.0 Å². The number of ether oxygens (including phenoxy) is 1. The maximum Gasteiger partial charge on any atom is 0.410 e. The smallest absolute Gasteiger partial charge is 0.410 e. The highest BCUT2D eigenvalue weighted by atomic mass is 16.6. The second-order valence-electron chi connectivity index (χ2n) is 12.9. The molecule has 12 nitrogen and oxygen atoms in total. The zero-order chi connectivity index (χ0) is 31.7. The van der Waals surface area contributed by atoms with Crippen LogP contribution in [0, 0.1) is 11.8 Å². The van der Waals surface area contributed by atoms with Crippen molar-refractivity contribution < 1.29 is 33.8 Å². The normalized spacial score (nSPS) is 18.9. The van der Waals surface area contributed by atoms with Crippen LogP contribution >= 0.6 is 0 Å². The summed E-state index contributed by atoms with van der Waals surface area (Å²) in [6.07, 6.45) is 1.46. The van der Waals surface area contributed by atoms with Gasteiger partial charge in [0.15, 0.2) is 0 Å². The number of nitrogens with zero attached hydrogens (tertiary/aromatic N) is 2. The Hall–Kier alpha value is -3.83. The molecule has 2 heterocycles. The molecule has 3 atom stereocenters. The zero-order valence-corrected chi connectivity index (χ0v) is 25.9. The molecule has 3 rings (SSSR count). The first-order chi connectivity index (χ1) is 20.2. The average Bonchev–Trinajstić information content (AvgIpc) is 3.34. The number of carboxylic acid groups (broad SMARTS) is 1. The first-order valence-corrected chi connectivity index (χ1v) is 15.1. The predicted molar refractivity (Wildman–Crippen MR) is 160 cm³/mol. The predicted octanol–water partition coefficient (Wildman–Crippen LogP) is 3.11. The molecule has 1 aromatic rings. The molecular formula is C31H47N5O7. The average molecular weight is 602 g/mol. The largest absolute Gasteiger partial charge is 0.480 e. The molecular weight excluding hydrogens is 554 g/mol. The molecule has 12 heteroatoms. The van der Waals surface area contributed by atoms with Gasteiger partial charge in [-0.3, -0.25) is 9.59 Å². The van der Waals surface area contributed by atoms with Crippen LogP contribution in [0.4, 0.5) is 9.59 Å². The summed E-state index contributed by atoms with van der Waals surface area (Å²) in [7, 11) is 0. The first kappa shape index (κ1) is 33.7. The van der Waals surface area contributed by atoms with Crippen LogP contribution in [0.3, 0.4) is 0 Å². The fraction of sp³-hybridized carbons (Fsp3) is 0.645. The third kappa shape index (κ3) is 10.4. The van der Waals surface area contributed by atoms with E-state index in [0.717, 1.165) is 5.56 Å². The van der Waals surface area contributed by atoms with Crippen molar-refractivity contribution in [3.8, 4) is 0 Å². The Morgan fingerprint density at radius 1 is 1.05 bits per heavy atom. The summed E-state index contributed by atoms with van der Waals surface area (Å²) < 4.78 is 5.51. The number of carbonyl (C=O) groups excluding carboxylic acids is 4. The Labute approximate surface area is 253 Å². The van der Waals surface area contributed by atoms with E-state index in [9.17, 15) is 29.1 Å². The van der Waals surface area contributed by atoms with Crippen molar-refractivity contribution in [1.82, 2.24) is 25.8 Å². The number of rotatable bonds is 11. The highest BCUT2D eigenvalue weighted by molar-refractivity contribution is 5.90. The highest BCUT2D eigenvalue weighted by Gasteiger charge is 2.36. The minimum absolute atomic E-state index is 0.0222. The molecule has 4 N–H and O–H groups in total. The number of likely N-dealkylation sites (tertiary alicyclic amines) is 1. The number of hydrogen-bond donors (Lipinski definition) is 4. The molecule has 2 saturated heterocycles. The molecule has 5 amide bonds. The maximum absolute atomic E-state index is 13.8. The second-order valence-corrected chi connectivity index (χ2v) is 12.9. The Kier molecular flexibility index (Phi) is 11.8. The molecule has 2 fully saturated rings. The molecule has 3 unspecified atom stereocenters. The zero-order valence-electron chi connectivity index (χ0n) is 25.9. The van der Waals surface area contributed by atoms with Gasteiger partial charge in [-0.25, -0.2) is 14.4 Å². The van der Waals surface area contributed by atoms with Crippen molar-refractivity contribution >= 4 is 29.9 Å². The van der Waals surface area contributed by atoms with Gasteiger partial charge in [0.2, 0.25) is 11.8 Å². The lowest BCUT2D eigenvalue weighted by atomic mass is 9.97. The first-order valence-electron chi connectivity index (χ1n) is 15.1. The van der Waals surface area contributed by atoms with E-state index in [1.54, 1.807) is 9.80 Å². The van der Waals surface area contributed by atoms with Crippen LogP contribution in [-0.4, -0.2) is 88.2 Å². The van der Waals surface area contributed by atoms with Crippen molar-refractivity contribution in [1.29, 1.82) is 0 Å². The molecule has 0 aromatic heterocycles. The lowest BCUT2D eigenvalue weighted by molar-refractivity contribution is -0.143. The molecule has 2 aliphatic rings. The van der Waals surface area contributed by atoms with E-state index in [-0.39, 0.29) is 30.4 Å². The monoisotopic (exact) mass is 601 g/mol. The van der Waals surface area contributed by atoms with Crippen LogP contribution in [0.15, 0.2) is 30.3 Å². The molecule has 1 aromatic carbocycles. The van der Waals surface area contributed by atoms with Gasteiger partial charge in [-0.2, -0.15) is 0 Å². The summed E-state index contributed by atoms with van der Waals surface area (Å²) in [5.41, 5.74) is 0.306. The number of carboxylic acids is 1. The molecule has 0 bridgehead atoms. The fourth-order valence-corrected chi connectivity index (χ4v) is 5.42. The van der Waals surface area contributed by atoms with Crippen molar-refractivity contribution in [2.24, 2.45) is 11.8 Å². The minimum atomic E-state index is -1.26.